The first-order valence-electron chi connectivity index (χ1n) is 11.1. The number of benzene rings is 2. The molecule has 3 aromatic rings. The fraction of sp³-hybridized carbons (Fsp3) is 0.385. The molecule has 1 heterocycles. The zero-order valence-corrected chi connectivity index (χ0v) is 20.1. The third-order valence-electron chi connectivity index (χ3n) is 5.31. The quantitative estimate of drug-likeness (QED) is 0.362. The highest BCUT2D eigenvalue weighted by molar-refractivity contribution is 5.86. The molecule has 0 aliphatic heterocycles. The molecule has 34 heavy (non-hydrogen) atoms. The van der Waals surface area contributed by atoms with Crippen molar-refractivity contribution < 1.29 is 32.9 Å². The molecule has 182 valence electrons. The first-order chi connectivity index (χ1) is 16.4. The van der Waals surface area contributed by atoms with Gasteiger partial charge >= 0.3 is 5.97 Å². The first kappa shape index (κ1) is 25.0. The molecule has 8 heteroatoms. The number of carbonyl (C=O) groups is 1. The Balaban J connectivity index is 1.90. The lowest BCUT2D eigenvalue weighted by atomic mass is 10.1. The summed E-state index contributed by atoms with van der Waals surface area (Å²) in [5.41, 5.74) is 0.612. The van der Waals surface area contributed by atoms with Gasteiger partial charge in [-0.25, -0.2) is 4.79 Å². The fourth-order valence-electron chi connectivity index (χ4n) is 3.56. The summed E-state index contributed by atoms with van der Waals surface area (Å²) in [6, 6.07) is 9.70. The summed E-state index contributed by atoms with van der Waals surface area (Å²) < 4.78 is 33.0. The fourth-order valence-corrected chi connectivity index (χ4v) is 3.56. The van der Waals surface area contributed by atoms with E-state index < -0.39 is 5.97 Å². The number of ether oxygens (including phenoxy) is 5. The van der Waals surface area contributed by atoms with Gasteiger partial charge in [-0.1, -0.05) is 19.8 Å². The van der Waals surface area contributed by atoms with Crippen LogP contribution in [0.3, 0.4) is 0 Å². The van der Waals surface area contributed by atoms with Gasteiger partial charge in [0, 0.05) is 23.8 Å². The average molecular weight is 471 g/mol. The van der Waals surface area contributed by atoms with E-state index >= 15 is 0 Å². The maximum absolute atomic E-state index is 12.9. The van der Waals surface area contributed by atoms with Gasteiger partial charge < -0.3 is 28.1 Å². The Kier molecular flexibility index (Phi) is 8.40. The van der Waals surface area contributed by atoms with Crippen LogP contribution in [0.1, 0.15) is 33.1 Å². The van der Waals surface area contributed by atoms with E-state index in [9.17, 15) is 9.59 Å². The number of hydrogen-bond donors (Lipinski definition) is 0. The molecule has 1 atom stereocenters. The molecule has 0 fully saturated rings. The Hall–Kier alpha value is -3.68. The average Bonchev–Trinajstić information content (AvgIpc) is 2.84. The standard InChI is InChI=1S/C26H30O8/c1-6-7-8-16(2)33-25(28)15-32-18-12-23(31-5)26-19(27)14-21(34-24(26)13-18)17-9-10-20(29-3)22(11-17)30-4/h9-14,16H,6-8,15H2,1-5H3. The maximum Gasteiger partial charge on any atom is 0.344 e. The molecule has 0 amide bonds. The van der Waals surface area contributed by atoms with Crippen molar-refractivity contribution in [1.82, 2.24) is 0 Å². The number of unbranched alkanes of at least 4 members (excludes halogenated alkanes) is 1. The molecule has 0 N–H and O–H groups in total. The normalized spacial score (nSPS) is 11.7. The summed E-state index contributed by atoms with van der Waals surface area (Å²) in [5.74, 6) is 1.52. The van der Waals surface area contributed by atoms with Crippen LogP contribution in [0.5, 0.6) is 23.0 Å². The van der Waals surface area contributed by atoms with E-state index in [0.717, 1.165) is 19.3 Å². The van der Waals surface area contributed by atoms with Gasteiger partial charge in [-0.15, -0.1) is 0 Å². The molecule has 2 aromatic carbocycles. The minimum absolute atomic E-state index is 0.177. The Morgan fingerprint density at radius 1 is 0.971 bits per heavy atom. The second-order valence-electron chi connectivity index (χ2n) is 7.77. The van der Waals surface area contributed by atoms with Gasteiger partial charge in [0.1, 0.15) is 28.2 Å². The Bertz CT molecular complexity index is 1200. The molecule has 0 aliphatic rings. The number of hydrogen-bond acceptors (Lipinski definition) is 8. The van der Waals surface area contributed by atoms with E-state index in [2.05, 4.69) is 6.92 Å². The lowest BCUT2D eigenvalue weighted by molar-refractivity contribution is -0.150. The van der Waals surface area contributed by atoms with Crippen LogP contribution < -0.4 is 24.4 Å². The summed E-state index contributed by atoms with van der Waals surface area (Å²) in [7, 11) is 4.52. The SMILES string of the molecule is CCCCC(C)OC(=O)COc1cc(OC)c2c(=O)cc(-c3ccc(OC)c(OC)c3)oc2c1. The van der Waals surface area contributed by atoms with Crippen molar-refractivity contribution >= 4 is 16.9 Å². The number of carbonyl (C=O) groups excluding carboxylic acids is 1. The molecular formula is C26H30O8. The summed E-state index contributed by atoms with van der Waals surface area (Å²) in [4.78, 5) is 25.0. The minimum atomic E-state index is -0.469. The molecule has 1 aromatic heterocycles. The van der Waals surface area contributed by atoms with Gasteiger partial charge in [-0.05, 0) is 31.5 Å². The van der Waals surface area contributed by atoms with Crippen molar-refractivity contribution in [3.63, 3.8) is 0 Å². The van der Waals surface area contributed by atoms with Crippen LogP contribution in [-0.4, -0.2) is 40.0 Å². The van der Waals surface area contributed by atoms with Crippen molar-refractivity contribution in [1.29, 1.82) is 0 Å². The number of esters is 1. The van der Waals surface area contributed by atoms with Crippen LogP contribution in [0, 0.1) is 0 Å². The van der Waals surface area contributed by atoms with Gasteiger partial charge in [-0.2, -0.15) is 0 Å². The van der Waals surface area contributed by atoms with Crippen LogP contribution in [0.4, 0.5) is 0 Å². The molecule has 0 saturated heterocycles. The van der Waals surface area contributed by atoms with Crippen LogP contribution in [0.25, 0.3) is 22.3 Å². The van der Waals surface area contributed by atoms with Crippen molar-refractivity contribution in [2.75, 3.05) is 27.9 Å². The Labute approximate surface area is 198 Å². The first-order valence-corrected chi connectivity index (χ1v) is 11.1. The van der Waals surface area contributed by atoms with Crippen molar-refractivity contribution in [3.8, 4) is 34.3 Å². The zero-order chi connectivity index (χ0) is 24.7. The molecule has 8 nitrogen and oxygen atoms in total. The van der Waals surface area contributed by atoms with E-state index in [1.165, 1.54) is 20.3 Å². The van der Waals surface area contributed by atoms with Crippen molar-refractivity contribution in [2.45, 2.75) is 39.2 Å². The summed E-state index contributed by atoms with van der Waals surface area (Å²) in [6.07, 6.45) is 2.64. The molecule has 0 aliphatic carbocycles. The second-order valence-corrected chi connectivity index (χ2v) is 7.77. The molecule has 0 radical (unpaired) electrons. The lowest BCUT2D eigenvalue weighted by Gasteiger charge is -2.14. The van der Waals surface area contributed by atoms with Crippen LogP contribution in [0.15, 0.2) is 45.6 Å². The number of fused-ring (bicyclic) bond motifs is 1. The number of rotatable bonds is 11. The highest BCUT2D eigenvalue weighted by Crippen LogP contribution is 2.35. The van der Waals surface area contributed by atoms with Crippen molar-refractivity contribution in [3.05, 3.63) is 46.6 Å². The van der Waals surface area contributed by atoms with Crippen LogP contribution >= 0.6 is 0 Å². The summed E-state index contributed by atoms with van der Waals surface area (Å²) in [6.45, 7) is 3.67. The van der Waals surface area contributed by atoms with E-state index in [4.69, 9.17) is 28.1 Å². The monoisotopic (exact) mass is 470 g/mol. The molecule has 1 unspecified atom stereocenters. The lowest BCUT2D eigenvalue weighted by Crippen LogP contribution is -2.20. The van der Waals surface area contributed by atoms with E-state index in [1.54, 1.807) is 37.4 Å². The van der Waals surface area contributed by atoms with Gasteiger partial charge in [-0.3, -0.25) is 4.79 Å². The van der Waals surface area contributed by atoms with E-state index in [1.807, 2.05) is 6.92 Å². The highest BCUT2D eigenvalue weighted by atomic mass is 16.6. The molecular weight excluding hydrogens is 440 g/mol. The molecule has 0 spiro atoms. The van der Waals surface area contributed by atoms with Gasteiger partial charge in [0.15, 0.2) is 23.5 Å². The third kappa shape index (κ3) is 5.81. The highest BCUT2D eigenvalue weighted by Gasteiger charge is 2.16. The summed E-state index contributed by atoms with van der Waals surface area (Å²) in [5, 5.41) is 0.273. The molecule has 0 bridgehead atoms. The second kappa shape index (κ2) is 11.4. The smallest absolute Gasteiger partial charge is 0.344 e. The zero-order valence-electron chi connectivity index (χ0n) is 20.1. The molecule has 3 rings (SSSR count). The van der Waals surface area contributed by atoms with Gasteiger partial charge in [0.25, 0.3) is 0 Å². The topological polar surface area (TPSA) is 93.4 Å². The van der Waals surface area contributed by atoms with E-state index in [-0.39, 0.29) is 34.9 Å². The maximum atomic E-state index is 12.9. The van der Waals surface area contributed by atoms with Gasteiger partial charge in [0.05, 0.1) is 27.4 Å². The van der Waals surface area contributed by atoms with Crippen LogP contribution in [-0.2, 0) is 9.53 Å². The summed E-state index contributed by atoms with van der Waals surface area (Å²) >= 11 is 0. The minimum Gasteiger partial charge on any atom is -0.496 e. The Morgan fingerprint density at radius 2 is 1.71 bits per heavy atom. The largest absolute Gasteiger partial charge is 0.496 e. The predicted octanol–water partition coefficient (Wildman–Crippen LogP) is 4.99. The van der Waals surface area contributed by atoms with Gasteiger partial charge in [0.2, 0.25) is 0 Å². The predicted molar refractivity (Wildman–Crippen MR) is 128 cm³/mol. The van der Waals surface area contributed by atoms with Crippen LogP contribution in [0.2, 0.25) is 0 Å². The van der Waals surface area contributed by atoms with E-state index in [0.29, 0.717) is 28.6 Å². The molecule has 0 saturated carbocycles. The van der Waals surface area contributed by atoms with Crippen molar-refractivity contribution in [2.24, 2.45) is 0 Å². The Morgan fingerprint density at radius 3 is 2.38 bits per heavy atom. The number of methoxy groups -OCH3 is 3. The third-order valence-corrected chi connectivity index (χ3v) is 5.31.